The second-order valence-electron chi connectivity index (χ2n) is 14.3. The van der Waals surface area contributed by atoms with Gasteiger partial charge in [-0.25, -0.2) is 0 Å². The van der Waals surface area contributed by atoms with Crippen LogP contribution in [0.2, 0.25) is 0 Å². The Morgan fingerprint density at radius 2 is 1.71 bits per heavy atom. The maximum atomic E-state index is 12.5. The SMILES string of the molecule is CC(C)=CCCC(C)C1CCC2(C)C3C(O)CC4C(C)(C(=O)O)C(O)CCC45CC35CCC12C. The molecule has 0 radical (unpaired) electrons. The average molecular weight is 473 g/mol. The lowest BCUT2D eigenvalue weighted by Crippen LogP contribution is -2.63. The minimum absolute atomic E-state index is 0.000751. The minimum Gasteiger partial charge on any atom is -0.481 e. The van der Waals surface area contributed by atoms with Crippen LogP contribution in [0, 0.1) is 50.7 Å². The Bertz CT molecular complexity index is 892. The van der Waals surface area contributed by atoms with Crippen molar-refractivity contribution in [3.05, 3.63) is 11.6 Å². The highest BCUT2D eigenvalue weighted by Crippen LogP contribution is 2.89. The Balaban J connectivity index is 1.47. The molecule has 5 saturated carbocycles. The number of hydrogen-bond donors (Lipinski definition) is 3. The van der Waals surface area contributed by atoms with E-state index in [-0.39, 0.29) is 33.5 Å². The van der Waals surface area contributed by atoms with E-state index in [0.717, 1.165) is 25.7 Å². The standard InChI is InChI=1S/C30H48O4/c1-18(2)8-7-9-19(3)20-10-12-27(5)24-21(31)16-22-28(6,25(33)34)23(32)11-13-29(22)17-30(24,29)15-14-26(20,27)4/h8,19-24,31-32H,7,9-17H2,1-6H3,(H,33,34). The molecule has 5 aliphatic rings. The summed E-state index contributed by atoms with van der Waals surface area (Å²) in [7, 11) is 0. The molecule has 2 spiro atoms. The molecule has 0 saturated heterocycles. The van der Waals surface area contributed by atoms with Gasteiger partial charge in [0.2, 0.25) is 0 Å². The number of fused-ring (bicyclic) bond motifs is 2. The molecular weight excluding hydrogens is 424 g/mol. The molecule has 5 fully saturated rings. The van der Waals surface area contributed by atoms with Crippen molar-refractivity contribution in [2.75, 3.05) is 0 Å². The van der Waals surface area contributed by atoms with Gasteiger partial charge in [0.15, 0.2) is 0 Å². The largest absolute Gasteiger partial charge is 0.481 e. The van der Waals surface area contributed by atoms with Crippen molar-refractivity contribution < 1.29 is 20.1 Å². The van der Waals surface area contributed by atoms with Crippen LogP contribution in [-0.4, -0.2) is 33.5 Å². The number of rotatable bonds is 5. The van der Waals surface area contributed by atoms with Gasteiger partial charge in [0.1, 0.15) is 0 Å². The minimum atomic E-state index is -1.15. The summed E-state index contributed by atoms with van der Waals surface area (Å²) < 4.78 is 0. The highest BCUT2D eigenvalue weighted by Gasteiger charge is 2.84. The van der Waals surface area contributed by atoms with E-state index in [1.807, 2.05) is 0 Å². The van der Waals surface area contributed by atoms with Crippen molar-refractivity contribution in [2.45, 2.75) is 118 Å². The summed E-state index contributed by atoms with van der Waals surface area (Å²) in [5.41, 5.74) is 0.660. The maximum Gasteiger partial charge on any atom is 0.312 e. The number of aliphatic hydroxyl groups excluding tert-OH is 2. The number of carbonyl (C=O) groups is 1. The zero-order chi connectivity index (χ0) is 24.9. The molecule has 0 aromatic heterocycles. The lowest BCUT2D eigenvalue weighted by atomic mass is 9.41. The third kappa shape index (κ3) is 2.82. The number of carboxylic acids is 1. The lowest BCUT2D eigenvalue weighted by molar-refractivity contribution is -0.211. The Morgan fingerprint density at radius 3 is 2.35 bits per heavy atom. The van der Waals surface area contributed by atoms with Crippen LogP contribution in [0.4, 0.5) is 0 Å². The molecule has 34 heavy (non-hydrogen) atoms. The Hall–Kier alpha value is -0.870. The molecule has 11 atom stereocenters. The topological polar surface area (TPSA) is 77.8 Å². The average Bonchev–Trinajstić information content (AvgIpc) is 3.31. The van der Waals surface area contributed by atoms with Crippen LogP contribution in [0.1, 0.15) is 106 Å². The van der Waals surface area contributed by atoms with Crippen molar-refractivity contribution in [2.24, 2.45) is 50.7 Å². The predicted molar refractivity (Wildman–Crippen MR) is 134 cm³/mol. The van der Waals surface area contributed by atoms with Crippen LogP contribution < -0.4 is 0 Å². The first-order chi connectivity index (χ1) is 15.8. The van der Waals surface area contributed by atoms with E-state index in [2.05, 4.69) is 40.7 Å². The number of aliphatic hydroxyl groups is 2. The van der Waals surface area contributed by atoms with Crippen LogP contribution >= 0.6 is 0 Å². The molecule has 0 aliphatic heterocycles. The third-order valence-corrected chi connectivity index (χ3v) is 13.1. The first kappa shape index (κ1) is 24.8. The summed E-state index contributed by atoms with van der Waals surface area (Å²) in [6.45, 7) is 13.6. The monoisotopic (exact) mass is 472 g/mol. The zero-order valence-electron chi connectivity index (χ0n) is 22.4. The summed E-state index contributed by atoms with van der Waals surface area (Å²) in [5.74, 6) is 0.629. The van der Waals surface area contributed by atoms with E-state index in [4.69, 9.17) is 0 Å². The zero-order valence-corrected chi connectivity index (χ0v) is 22.4. The number of allylic oxidation sites excluding steroid dienone is 2. The third-order valence-electron chi connectivity index (χ3n) is 13.1. The molecule has 4 nitrogen and oxygen atoms in total. The number of hydrogen-bond acceptors (Lipinski definition) is 3. The molecular formula is C30H48O4. The summed E-state index contributed by atoms with van der Waals surface area (Å²) in [5, 5.41) is 32.8. The van der Waals surface area contributed by atoms with Crippen molar-refractivity contribution in [1.82, 2.24) is 0 Å². The van der Waals surface area contributed by atoms with Crippen LogP contribution in [0.3, 0.4) is 0 Å². The van der Waals surface area contributed by atoms with Gasteiger partial charge in [-0.05, 0) is 130 Å². The highest BCUT2D eigenvalue weighted by molar-refractivity contribution is 5.76. The smallest absolute Gasteiger partial charge is 0.312 e. The van der Waals surface area contributed by atoms with Crippen molar-refractivity contribution in [3.8, 4) is 0 Å². The van der Waals surface area contributed by atoms with Gasteiger partial charge < -0.3 is 15.3 Å². The quantitative estimate of drug-likeness (QED) is 0.416. The normalized spacial score (nSPS) is 54.2. The first-order valence-corrected chi connectivity index (χ1v) is 14.0. The fraction of sp³-hybridized carbons (Fsp3) is 0.900. The molecule has 0 aromatic carbocycles. The molecule has 11 unspecified atom stereocenters. The predicted octanol–water partition coefficient (Wildman–Crippen LogP) is 6.20. The van der Waals surface area contributed by atoms with Gasteiger partial charge in [0.25, 0.3) is 0 Å². The Kier molecular flexibility index (Phi) is 5.52. The summed E-state index contributed by atoms with van der Waals surface area (Å²) in [4.78, 5) is 12.5. The summed E-state index contributed by atoms with van der Waals surface area (Å²) in [6, 6.07) is 0. The molecule has 3 N–H and O–H groups in total. The Morgan fingerprint density at radius 1 is 1.00 bits per heavy atom. The van der Waals surface area contributed by atoms with E-state index in [1.54, 1.807) is 6.92 Å². The van der Waals surface area contributed by atoms with Gasteiger partial charge in [-0.3, -0.25) is 4.79 Å². The van der Waals surface area contributed by atoms with Crippen molar-refractivity contribution in [3.63, 3.8) is 0 Å². The number of carboxylic acid groups (broad SMARTS) is 1. The summed E-state index contributed by atoms with van der Waals surface area (Å²) >= 11 is 0. The fourth-order valence-corrected chi connectivity index (χ4v) is 11.2. The highest BCUT2D eigenvalue weighted by atomic mass is 16.4. The molecule has 0 heterocycles. The van der Waals surface area contributed by atoms with Crippen LogP contribution in [-0.2, 0) is 4.79 Å². The van der Waals surface area contributed by atoms with Gasteiger partial charge in [-0.15, -0.1) is 0 Å². The van der Waals surface area contributed by atoms with Gasteiger partial charge in [-0.2, -0.15) is 0 Å². The van der Waals surface area contributed by atoms with Crippen molar-refractivity contribution in [1.29, 1.82) is 0 Å². The molecule has 0 bridgehead atoms. The van der Waals surface area contributed by atoms with Crippen LogP contribution in [0.15, 0.2) is 11.6 Å². The maximum absolute atomic E-state index is 12.5. The van der Waals surface area contributed by atoms with E-state index in [9.17, 15) is 20.1 Å². The second-order valence-corrected chi connectivity index (χ2v) is 14.3. The van der Waals surface area contributed by atoms with E-state index in [0.29, 0.717) is 24.7 Å². The number of aliphatic carboxylic acids is 1. The van der Waals surface area contributed by atoms with Crippen molar-refractivity contribution >= 4 is 5.97 Å². The van der Waals surface area contributed by atoms with Crippen LogP contribution in [0.25, 0.3) is 0 Å². The van der Waals surface area contributed by atoms with Crippen LogP contribution in [0.5, 0.6) is 0 Å². The molecule has 0 aromatic rings. The van der Waals surface area contributed by atoms with Gasteiger partial charge >= 0.3 is 5.97 Å². The second kappa shape index (κ2) is 7.57. The lowest BCUT2D eigenvalue weighted by Gasteiger charge is -2.64. The van der Waals surface area contributed by atoms with E-state index >= 15 is 0 Å². The van der Waals surface area contributed by atoms with Gasteiger partial charge in [0.05, 0.1) is 17.6 Å². The summed E-state index contributed by atoms with van der Waals surface area (Å²) in [6.07, 6.45) is 11.4. The Labute approximate surface area is 206 Å². The molecule has 5 aliphatic carbocycles. The van der Waals surface area contributed by atoms with E-state index in [1.165, 1.54) is 31.3 Å². The molecule has 5 rings (SSSR count). The fourth-order valence-electron chi connectivity index (χ4n) is 11.2. The molecule has 4 heteroatoms. The first-order valence-electron chi connectivity index (χ1n) is 14.0. The van der Waals surface area contributed by atoms with E-state index < -0.39 is 23.6 Å². The molecule has 0 amide bonds. The van der Waals surface area contributed by atoms with Gasteiger partial charge in [0, 0.05) is 0 Å². The van der Waals surface area contributed by atoms with Gasteiger partial charge in [-0.1, -0.05) is 32.4 Å². The molecule has 192 valence electrons.